The summed E-state index contributed by atoms with van der Waals surface area (Å²) in [5, 5.41) is 5.61. The Morgan fingerprint density at radius 1 is 0.717 bits per heavy atom. The van der Waals surface area contributed by atoms with Gasteiger partial charge in [-0.05, 0) is 61.4 Å². The molecule has 4 bridgehead atoms. The van der Waals surface area contributed by atoms with Crippen LogP contribution >= 0.6 is 0 Å². The van der Waals surface area contributed by atoms with E-state index in [2.05, 4.69) is 25.6 Å². The molecule has 0 aliphatic carbocycles. The third-order valence-electron chi connectivity index (χ3n) is 10.3. The second kappa shape index (κ2) is 15.1. The minimum atomic E-state index is -4.58. The Bertz CT molecular complexity index is 2740. The van der Waals surface area contributed by atoms with E-state index in [1.165, 1.54) is 68.2 Å². The number of rotatable bonds is 3. The number of anilines is 3. The van der Waals surface area contributed by atoms with Crippen LogP contribution in [0.2, 0.25) is 0 Å². The van der Waals surface area contributed by atoms with Gasteiger partial charge >= 0.3 is 18.4 Å². The number of aromatic nitrogens is 3. The van der Waals surface area contributed by atoms with E-state index in [0.29, 0.717) is 31.6 Å². The maximum Gasteiger partial charge on any atom is 0.416 e. The van der Waals surface area contributed by atoms with E-state index in [1.807, 2.05) is 0 Å². The van der Waals surface area contributed by atoms with Crippen molar-refractivity contribution in [2.75, 3.05) is 41.7 Å². The Morgan fingerprint density at radius 3 is 1.93 bits per heavy atom. The van der Waals surface area contributed by atoms with E-state index in [-0.39, 0.29) is 63.1 Å². The predicted molar refractivity (Wildman–Crippen MR) is 203 cm³/mol. The molecule has 2 amide bonds. The van der Waals surface area contributed by atoms with Crippen LogP contribution < -0.4 is 15.5 Å². The molecule has 9 rings (SSSR count). The molecular weight excluding hydrogens is 846 g/mol. The lowest BCUT2D eigenvalue weighted by Gasteiger charge is -2.28. The fourth-order valence-electron chi connectivity index (χ4n) is 7.37. The van der Waals surface area contributed by atoms with Crippen molar-refractivity contribution in [3.8, 4) is 22.5 Å². The number of nitrogens with one attached hydrogen (secondary N) is 2. The molecule has 5 aromatic rings. The normalized spacial score (nSPS) is 22.2. The summed E-state index contributed by atoms with van der Waals surface area (Å²) in [7, 11) is -7.64. The molecule has 7 heterocycles. The zero-order valence-electron chi connectivity index (χ0n) is 30.7. The Labute approximate surface area is 338 Å². The molecule has 2 aromatic carbocycles. The third-order valence-corrected chi connectivity index (χ3v) is 14.1. The van der Waals surface area contributed by atoms with Crippen LogP contribution in [-0.4, -0.2) is 84.7 Å². The number of nitrogens with zero attached hydrogens (tertiary/aromatic N) is 6. The first kappa shape index (κ1) is 41.0. The second-order valence-corrected chi connectivity index (χ2v) is 18.0. The van der Waals surface area contributed by atoms with Crippen LogP contribution in [0.1, 0.15) is 24.0 Å². The Morgan fingerprint density at radius 2 is 1.30 bits per heavy atom. The van der Waals surface area contributed by atoms with Crippen molar-refractivity contribution in [1.29, 1.82) is 0 Å². The minimum Gasteiger partial charge on any atom is -0.365 e. The minimum absolute atomic E-state index is 0.0202. The van der Waals surface area contributed by atoms with Gasteiger partial charge in [0.25, 0.3) is 0 Å². The number of carbonyl (C=O) groups is 1. The van der Waals surface area contributed by atoms with E-state index >= 15 is 0 Å². The third kappa shape index (κ3) is 7.86. The summed E-state index contributed by atoms with van der Waals surface area (Å²) in [5.74, 6) is -0.699. The highest BCUT2D eigenvalue weighted by Gasteiger charge is 2.45. The number of halogens is 7. The van der Waals surface area contributed by atoms with Gasteiger partial charge in [0, 0.05) is 49.4 Å². The topological polar surface area (TPSA) is 158 Å². The van der Waals surface area contributed by atoms with Crippen LogP contribution in [0.3, 0.4) is 0 Å². The van der Waals surface area contributed by atoms with Crippen molar-refractivity contribution in [2.45, 2.75) is 47.1 Å². The van der Waals surface area contributed by atoms with E-state index in [4.69, 9.17) is 0 Å². The molecule has 4 aliphatic rings. The molecule has 2 N–H and O–H groups in total. The van der Waals surface area contributed by atoms with Gasteiger partial charge in [-0.25, -0.2) is 36.0 Å². The quantitative estimate of drug-likeness (QED) is 0.181. The number of urea groups is 1. The van der Waals surface area contributed by atoms with Gasteiger partial charge in [0.1, 0.15) is 21.4 Å². The summed E-state index contributed by atoms with van der Waals surface area (Å²) in [6.45, 7) is 1.03. The largest absolute Gasteiger partial charge is 0.416 e. The molecule has 60 heavy (non-hydrogen) atoms. The Hall–Kier alpha value is -5.71. The molecule has 3 aromatic heterocycles. The van der Waals surface area contributed by atoms with Crippen molar-refractivity contribution in [2.24, 2.45) is 0 Å². The van der Waals surface area contributed by atoms with Gasteiger partial charge in [-0.3, -0.25) is 9.88 Å². The smallest absolute Gasteiger partial charge is 0.365 e. The molecule has 2 saturated heterocycles. The number of pyridine rings is 3. The molecule has 314 valence electrons. The number of fused-ring (bicyclic) bond motifs is 6. The number of hydrogen-bond acceptors (Lipinski definition) is 9. The molecule has 22 heteroatoms. The van der Waals surface area contributed by atoms with Gasteiger partial charge in [-0.15, -0.1) is 0 Å². The SMILES string of the molecule is O=C(Nc1cncc(F)c1)N1c2nc(-c3cccc(C(F)(F)F)c3)ccc2S(=O)(=O)N2CC[C@H]1C2.O=S1(=O)c2ccc(-c3cccc(C(F)(F)F)c3)nc2N[C@H]2CCN1C2. The van der Waals surface area contributed by atoms with Crippen molar-refractivity contribution < 1.29 is 52.4 Å². The molecule has 4 atom stereocenters. The standard InChI is InChI=1S/C22H17F4N5O3S.C16H14F3N3O2S/c23-15-9-16(11-27-10-15)28-21(32)31-17-6-7-30(12-17)35(33,34)19-5-4-18(29-20(19)31)13-2-1-3-14(8-13)22(24,25)26;17-16(18,19)11-3-1-2-10(8-11)13-4-5-14-15(21-13)20-12-6-7-22(9-12)25(14,23)24/h1-5,8-11,17H,6-7,12H2,(H,28,32);1-5,8,12H,6-7,9H2,(H,20,21)/t17-;12-/m00/s1. The molecular formula is C38H31F7N8O5S2. The van der Waals surface area contributed by atoms with Crippen molar-refractivity contribution in [3.05, 3.63) is 108 Å². The van der Waals surface area contributed by atoms with E-state index in [1.54, 1.807) is 0 Å². The highest BCUT2D eigenvalue weighted by Crippen LogP contribution is 2.40. The molecule has 13 nitrogen and oxygen atoms in total. The number of hydrogen-bond donors (Lipinski definition) is 2. The highest BCUT2D eigenvalue weighted by molar-refractivity contribution is 7.89. The second-order valence-electron chi connectivity index (χ2n) is 14.2. The van der Waals surface area contributed by atoms with Crippen molar-refractivity contribution in [3.63, 3.8) is 0 Å². The van der Waals surface area contributed by atoms with Crippen LogP contribution in [0.5, 0.6) is 0 Å². The van der Waals surface area contributed by atoms with Crippen LogP contribution in [0, 0.1) is 5.82 Å². The molecule has 2 fully saturated rings. The average Bonchev–Trinajstić information content (AvgIpc) is 3.85. The van der Waals surface area contributed by atoms with Crippen LogP contribution in [-0.2, 0) is 32.4 Å². The first-order valence-corrected chi connectivity index (χ1v) is 21.0. The zero-order valence-corrected chi connectivity index (χ0v) is 32.4. The Balaban J connectivity index is 0.000000176. The van der Waals surface area contributed by atoms with Crippen LogP contribution in [0.25, 0.3) is 22.5 Å². The maximum absolute atomic E-state index is 13.6. The van der Waals surface area contributed by atoms with E-state index in [0.717, 1.165) is 36.5 Å². The van der Waals surface area contributed by atoms with Crippen molar-refractivity contribution >= 4 is 43.4 Å². The lowest BCUT2D eigenvalue weighted by atomic mass is 10.1. The number of sulfonamides is 2. The molecule has 4 aliphatic heterocycles. The van der Waals surface area contributed by atoms with Crippen molar-refractivity contribution in [1.82, 2.24) is 23.6 Å². The number of amides is 2. The number of benzene rings is 2. The summed E-state index contributed by atoms with van der Waals surface area (Å²) in [5.41, 5.74) is -0.878. The van der Waals surface area contributed by atoms with Gasteiger partial charge in [-0.2, -0.15) is 35.0 Å². The summed E-state index contributed by atoms with van der Waals surface area (Å²) >= 11 is 0. The van der Waals surface area contributed by atoms with Gasteiger partial charge in [0.15, 0.2) is 5.82 Å². The number of carbonyl (C=O) groups excluding carboxylic acids is 1. The zero-order chi connectivity index (χ0) is 42.8. The highest BCUT2D eigenvalue weighted by atomic mass is 32.2. The van der Waals surface area contributed by atoms with Gasteiger partial charge < -0.3 is 10.6 Å². The summed E-state index contributed by atoms with van der Waals surface area (Å²) in [6, 6.07) is 14.3. The molecule has 0 saturated carbocycles. The van der Waals surface area contributed by atoms with E-state index < -0.39 is 61.4 Å². The molecule has 2 unspecified atom stereocenters. The van der Waals surface area contributed by atoms with Gasteiger partial charge in [0.2, 0.25) is 20.0 Å². The van der Waals surface area contributed by atoms with Gasteiger partial charge in [-0.1, -0.05) is 24.3 Å². The average molecular weight is 877 g/mol. The lowest BCUT2D eigenvalue weighted by Crippen LogP contribution is -2.44. The Kier molecular flexibility index (Phi) is 10.3. The fraction of sp³-hybridized carbons (Fsp3) is 0.263. The summed E-state index contributed by atoms with van der Waals surface area (Å²) in [4.78, 5) is 26.6. The van der Waals surface area contributed by atoms with E-state index in [9.17, 15) is 52.4 Å². The molecule has 0 spiro atoms. The van der Waals surface area contributed by atoms with Crippen LogP contribution in [0.4, 0.5) is 52.9 Å². The summed E-state index contributed by atoms with van der Waals surface area (Å²) in [6.07, 6.45) is -5.85. The van der Waals surface area contributed by atoms with Gasteiger partial charge in [0.05, 0.1) is 46.6 Å². The first-order chi connectivity index (χ1) is 28.3. The monoisotopic (exact) mass is 876 g/mol. The van der Waals surface area contributed by atoms with Crippen LogP contribution in [0.15, 0.2) is 101 Å². The number of alkyl halides is 6. The summed E-state index contributed by atoms with van der Waals surface area (Å²) < 4.78 is 146. The molecule has 0 radical (unpaired) electrons. The first-order valence-electron chi connectivity index (χ1n) is 18.1. The maximum atomic E-state index is 13.6. The predicted octanol–water partition coefficient (Wildman–Crippen LogP) is 7.07. The fourth-order valence-corrected chi connectivity index (χ4v) is 10.6. The lowest BCUT2D eigenvalue weighted by molar-refractivity contribution is -0.138.